The van der Waals surface area contributed by atoms with Crippen LogP contribution in [0.3, 0.4) is 0 Å². The van der Waals surface area contributed by atoms with E-state index in [0.29, 0.717) is 18.2 Å². The van der Waals surface area contributed by atoms with E-state index in [1.54, 1.807) is 0 Å². The smallest absolute Gasteiger partial charge is 0.408 e. The number of nitrogens with zero attached hydrogens (tertiary/aromatic N) is 2. The van der Waals surface area contributed by atoms with Crippen LogP contribution >= 0.6 is 0 Å². The van der Waals surface area contributed by atoms with Gasteiger partial charge in [-0.1, -0.05) is 0 Å². The number of alkyl halides is 3. The van der Waals surface area contributed by atoms with Crippen molar-refractivity contribution in [3.63, 3.8) is 0 Å². The first kappa shape index (κ1) is 17.8. The highest BCUT2D eigenvalue weighted by Gasteiger charge is 2.47. The van der Waals surface area contributed by atoms with Gasteiger partial charge in [0.15, 0.2) is 11.6 Å². The molecule has 0 aromatic carbocycles. The van der Waals surface area contributed by atoms with Gasteiger partial charge in [-0.3, -0.25) is 9.59 Å². The maximum Gasteiger partial charge on any atom is 0.408 e. The zero-order valence-electron chi connectivity index (χ0n) is 13.8. The Kier molecular flexibility index (Phi) is 4.75. The number of aromatic nitrogens is 1. The van der Waals surface area contributed by atoms with E-state index in [2.05, 4.69) is 10.3 Å². The minimum absolute atomic E-state index is 0.114. The lowest BCUT2D eigenvalue weighted by Gasteiger charge is -2.40. The van der Waals surface area contributed by atoms with Gasteiger partial charge in [0.05, 0.1) is 0 Å². The summed E-state index contributed by atoms with van der Waals surface area (Å²) in [5.41, 5.74) is 0.114. The standard InChI is InChI=1S/C16H20F3N3O3/c1-9(23)22-7-11(4-5-13(22)16(17,18)19)20-15(24)12-8-25-14(21-12)6-10-2-3-10/h8,10-11,13H,2-7H2,1H3,(H,20,24). The average molecular weight is 359 g/mol. The van der Waals surface area contributed by atoms with Crippen LogP contribution in [0, 0.1) is 5.92 Å². The normalized spacial score (nSPS) is 24.2. The number of carbonyl (C=O) groups is 2. The van der Waals surface area contributed by atoms with Crippen LogP contribution in [0.4, 0.5) is 13.2 Å². The van der Waals surface area contributed by atoms with Crippen molar-refractivity contribution < 1.29 is 27.2 Å². The Balaban J connectivity index is 1.59. The summed E-state index contributed by atoms with van der Waals surface area (Å²) in [6.07, 6.45) is -0.337. The van der Waals surface area contributed by atoms with Crippen molar-refractivity contribution in [1.29, 1.82) is 0 Å². The molecule has 1 aliphatic carbocycles. The fraction of sp³-hybridized carbons (Fsp3) is 0.688. The number of halogens is 3. The van der Waals surface area contributed by atoms with Crippen molar-refractivity contribution in [2.45, 2.75) is 57.3 Å². The molecule has 25 heavy (non-hydrogen) atoms. The number of carbonyl (C=O) groups excluding carboxylic acids is 2. The molecule has 0 spiro atoms. The number of hydrogen-bond acceptors (Lipinski definition) is 4. The Morgan fingerprint density at radius 3 is 2.64 bits per heavy atom. The van der Waals surface area contributed by atoms with Crippen molar-refractivity contribution in [2.24, 2.45) is 5.92 Å². The van der Waals surface area contributed by atoms with E-state index in [9.17, 15) is 22.8 Å². The molecule has 6 nitrogen and oxygen atoms in total. The third-order valence-electron chi connectivity index (χ3n) is 4.64. The topological polar surface area (TPSA) is 75.4 Å². The Bertz CT molecular complexity index is 655. The van der Waals surface area contributed by atoms with Gasteiger partial charge >= 0.3 is 6.18 Å². The number of amides is 2. The molecule has 3 rings (SSSR count). The first-order chi connectivity index (χ1) is 11.7. The summed E-state index contributed by atoms with van der Waals surface area (Å²) in [5, 5.41) is 2.65. The van der Waals surface area contributed by atoms with Crippen LogP contribution in [0.15, 0.2) is 10.7 Å². The van der Waals surface area contributed by atoms with Gasteiger partial charge in [-0.05, 0) is 31.6 Å². The highest BCUT2D eigenvalue weighted by Crippen LogP contribution is 2.33. The number of rotatable bonds is 4. The third-order valence-corrected chi connectivity index (χ3v) is 4.64. The molecule has 9 heteroatoms. The van der Waals surface area contributed by atoms with Crippen LogP contribution in [0.2, 0.25) is 0 Å². The van der Waals surface area contributed by atoms with Crippen LogP contribution in [-0.4, -0.2) is 46.5 Å². The highest BCUT2D eigenvalue weighted by atomic mass is 19.4. The van der Waals surface area contributed by atoms with Crippen LogP contribution < -0.4 is 5.32 Å². The molecule has 1 aromatic heterocycles. The first-order valence-corrected chi connectivity index (χ1v) is 8.33. The molecule has 0 radical (unpaired) electrons. The number of hydrogen-bond donors (Lipinski definition) is 1. The van der Waals surface area contributed by atoms with Gasteiger partial charge < -0.3 is 14.6 Å². The minimum atomic E-state index is -4.47. The Morgan fingerprint density at radius 1 is 1.32 bits per heavy atom. The molecular formula is C16H20F3N3O3. The van der Waals surface area contributed by atoms with E-state index in [1.165, 1.54) is 6.26 Å². The van der Waals surface area contributed by atoms with E-state index in [0.717, 1.165) is 24.7 Å². The monoisotopic (exact) mass is 359 g/mol. The lowest BCUT2D eigenvalue weighted by atomic mass is 9.97. The van der Waals surface area contributed by atoms with Gasteiger partial charge in [-0.2, -0.15) is 13.2 Å². The molecule has 2 fully saturated rings. The molecule has 2 amide bonds. The molecule has 1 saturated carbocycles. The molecule has 2 heterocycles. The van der Waals surface area contributed by atoms with E-state index in [-0.39, 0.29) is 25.1 Å². The van der Waals surface area contributed by atoms with Crippen molar-refractivity contribution in [2.75, 3.05) is 6.54 Å². The Hall–Kier alpha value is -2.06. The predicted molar refractivity (Wildman–Crippen MR) is 80.6 cm³/mol. The second kappa shape index (κ2) is 6.68. The summed E-state index contributed by atoms with van der Waals surface area (Å²) in [4.78, 5) is 28.7. The predicted octanol–water partition coefficient (Wildman–Crippen LogP) is 2.30. The largest absolute Gasteiger partial charge is 0.448 e. The van der Waals surface area contributed by atoms with Gasteiger partial charge in [0, 0.05) is 25.9 Å². The number of piperidine rings is 1. The Morgan fingerprint density at radius 2 is 2.04 bits per heavy atom. The summed E-state index contributed by atoms with van der Waals surface area (Å²) in [7, 11) is 0. The lowest BCUT2D eigenvalue weighted by Crippen LogP contribution is -2.57. The maximum atomic E-state index is 13.0. The summed E-state index contributed by atoms with van der Waals surface area (Å²) < 4.78 is 44.3. The zero-order chi connectivity index (χ0) is 18.2. The van der Waals surface area contributed by atoms with Gasteiger partial charge in [0.1, 0.15) is 12.3 Å². The van der Waals surface area contributed by atoms with Crippen LogP contribution in [0.5, 0.6) is 0 Å². The molecule has 138 valence electrons. The maximum absolute atomic E-state index is 13.0. The average Bonchev–Trinajstić information content (AvgIpc) is 3.20. The number of oxazole rings is 1. The van der Waals surface area contributed by atoms with Gasteiger partial charge in [0.2, 0.25) is 5.91 Å². The lowest BCUT2D eigenvalue weighted by molar-refractivity contribution is -0.196. The quantitative estimate of drug-likeness (QED) is 0.895. The fourth-order valence-electron chi connectivity index (χ4n) is 3.11. The van der Waals surface area contributed by atoms with Crippen LogP contribution in [0.25, 0.3) is 0 Å². The molecule has 1 saturated heterocycles. The van der Waals surface area contributed by atoms with Crippen molar-refractivity contribution in [3.05, 3.63) is 17.8 Å². The molecule has 1 aliphatic heterocycles. The molecule has 1 N–H and O–H groups in total. The second-order valence-corrected chi connectivity index (χ2v) is 6.75. The van der Waals surface area contributed by atoms with E-state index < -0.39 is 30.1 Å². The summed E-state index contributed by atoms with van der Waals surface area (Å²) in [6, 6.07) is -2.34. The van der Waals surface area contributed by atoms with Crippen LogP contribution in [-0.2, 0) is 11.2 Å². The minimum Gasteiger partial charge on any atom is -0.448 e. The van der Waals surface area contributed by atoms with Gasteiger partial charge in [-0.25, -0.2) is 4.98 Å². The molecule has 0 bridgehead atoms. The number of likely N-dealkylation sites (tertiary alicyclic amines) is 1. The summed E-state index contributed by atoms with van der Waals surface area (Å²) in [6.45, 7) is 0.933. The molecular weight excluding hydrogens is 339 g/mol. The fourth-order valence-corrected chi connectivity index (χ4v) is 3.11. The van der Waals surface area contributed by atoms with Crippen LogP contribution in [0.1, 0.15) is 49.0 Å². The van der Waals surface area contributed by atoms with E-state index >= 15 is 0 Å². The number of nitrogens with one attached hydrogen (secondary N) is 1. The van der Waals surface area contributed by atoms with Gasteiger partial charge in [0.25, 0.3) is 5.91 Å². The first-order valence-electron chi connectivity index (χ1n) is 8.33. The third kappa shape index (κ3) is 4.32. The zero-order valence-corrected chi connectivity index (χ0v) is 13.8. The van der Waals surface area contributed by atoms with E-state index in [4.69, 9.17) is 4.42 Å². The van der Waals surface area contributed by atoms with Gasteiger partial charge in [-0.15, -0.1) is 0 Å². The SMILES string of the molecule is CC(=O)N1CC(NC(=O)c2coc(CC3CC3)n2)CCC1C(F)(F)F. The Labute approximate surface area is 142 Å². The van der Waals surface area contributed by atoms with Crippen molar-refractivity contribution in [3.8, 4) is 0 Å². The van der Waals surface area contributed by atoms with E-state index in [1.807, 2.05) is 0 Å². The highest BCUT2D eigenvalue weighted by molar-refractivity contribution is 5.92. The summed E-state index contributed by atoms with van der Waals surface area (Å²) >= 11 is 0. The second-order valence-electron chi connectivity index (χ2n) is 6.75. The van der Waals surface area contributed by atoms with Crippen molar-refractivity contribution >= 4 is 11.8 Å². The van der Waals surface area contributed by atoms with Crippen molar-refractivity contribution in [1.82, 2.24) is 15.2 Å². The molecule has 2 aliphatic rings. The molecule has 2 unspecified atom stereocenters. The molecule has 2 atom stereocenters. The molecule has 1 aromatic rings. The summed E-state index contributed by atoms with van der Waals surface area (Å²) in [5.74, 6) is -0.0886.